The minimum absolute atomic E-state index is 0.471. The molecule has 0 aromatic carbocycles. The molecule has 0 aliphatic heterocycles. The van der Waals surface area contributed by atoms with Crippen LogP contribution >= 0.6 is 7.75 Å². The molecular weight excluding hydrogens is 189 g/mol. The maximum absolute atomic E-state index is 11.9. The molecule has 0 spiro atoms. The Morgan fingerprint density at radius 1 is 1.08 bits per heavy atom. The predicted molar refractivity (Wildman–Crippen MR) is 53.8 cm³/mol. The largest absolute Gasteiger partial charge is 0.407 e. The summed E-state index contributed by atoms with van der Waals surface area (Å²) >= 11 is 0. The first kappa shape index (κ1) is 13.1. The molecule has 13 heavy (non-hydrogen) atoms. The Morgan fingerprint density at radius 2 is 1.46 bits per heavy atom. The van der Waals surface area contributed by atoms with Gasteiger partial charge in [-0.3, -0.25) is 9.05 Å². The van der Waals surface area contributed by atoms with Crippen LogP contribution in [0.15, 0.2) is 0 Å². The van der Waals surface area contributed by atoms with Crippen molar-refractivity contribution < 1.29 is 13.6 Å². The molecule has 0 saturated carbocycles. The Bertz CT molecular complexity index is 161. The molecule has 0 saturated heterocycles. The number of hydrogen-bond acceptors (Lipinski definition) is 3. The minimum atomic E-state index is -2.99. The second-order valence-electron chi connectivity index (χ2n) is 2.98. The molecule has 0 radical (unpaired) electrons. The Balaban J connectivity index is 4.09. The van der Waals surface area contributed by atoms with Gasteiger partial charge in [0.25, 0.3) is 0 Å². The summed E-state index contributed by atoms with van der Waals surface area (Å²) in [5, 5.41) is 0. The smallest absolute Gasteiger partial charge is 0.297 e. The number of nitrogens with zero attached hydrogens (tertiary/aromatic N) is 1. The normalized spacial score (nSPS) is 12.4. The van der Waals surface area contributed by atoms with E-state index in [9.17, 15) is 4.57 Å². The van der Waals surface area contributed by atoms with Crippen LogP contribution in [0.1, 0.15) is 26.7 Å². The Labute approximate surface area is 80.8 Å². The highest BCUT2D eigenvalue weighted by Gasteiger charge is 2.26. The van der Waals surface area contributed by atoms with Crippen LogP contribution in [0.5, 0.6) is 0 Å². The number of rotatable bonds is 7. The SMILES string of the molecule is CCCOP(=O)(OCCC)N(C)C. The Hall–Kier alpha value is 0.110. The predicted octanol–water partition coefficient (Wildman–Crippen LogP) is 2.51. The van der Waals surface area contributed by atoms with Gasteiger partial charge in [0.1, 0.15) is 0 Å². The lowest BCUT2D eigenvalue weighted by molar-refractivity contribution is 0.171. The Morgan fingerprint density at radius 3 is 1.69 bits per heavy atom. The van der Waals surface area contributed by atoms with E-state index in [-0.39, 0.29) is 0 Å². The summed E-state index contributed by atoms with van der Waals surface area (Å²) in [6.45, 7) is 4.89. The molecule has 0 amide bonds. The van der Waals surface area contributed by atoms with Crippen molar-refractivity contribution in [3.05, 3.63) is 0 Å². The van der Waals surface area contributed by atoms with Crippen molar-refractivity contribution in [3.8, 4) is 0 Å². The summed E-state index contributed by atoms with van der Waals surface area (Å²) in [5.41, 5.74) is 0. The molecule has 80 valence electrons. The number of hydrogen-bond donors (Lipinski definition) is 0. The molecule has 0 fully saturated rings. The van der Waals surface area contributed by atoms with E-state index in [0.29, 0.717) is 13.2 Å². The van der Waals surface area contributed by atoms with Crippen molar-refractivity contribution >= 4 is 7.75 Å². The van der Waals surface area contributed by atoms with Crippen LogP contribution in [0, 0.1) is 0 Å². The van der Waals surface area contributed by atoms with Gasteiger partial charge in [-0.15, -0.1) is 0 Å². The van der Waals surface area contributed by atoms with Crippen LogP contribution < -0.4 is 0 Å². The van der Waals surface area contributed by atoms with Crippen molar-refractivity contribution in [2.24, 2.45) is 0 Å². The van der Waals surface area contributed by atoms with E-state index in [1.807, 2.05) is 13.8 Å². The van der Waals surface area contributed by atoms with Crippen molar-refractivity contribution in [2.75, 3.05) is 27.3 Å². The summed E-state index contributed by atoms with van der Waals surface area (Å²) < 4.78 is 23.8. The summed E-state index contributed by atoms with van der Waals surface area (Å²) in [7, 11) is 0.410. The molecule has 0 aliphatic carbocycles. The molecule has 4 nitrogen and oxygen atoms in total. The van der Waals surface area contributed by atoms with E-state index >= 15 is 0 Å². The van der Waals surface area contributed by atoms with Gasteiger partial charge in [-0.2, -0.15) is 0 Å². The van der Waals surface area contributed by atoms with Crippen LogP contribution in [0.3, 0.4) is 0 Å². The fourth-order valence-electron chi connectivity index (χ4n) is 0.682. The zero-order valence-electron chi connectivity index (χ0n) is 8.95. The maximum Gasteiger partial charge on any atom is 0.407 e. The quantitative estimate of drug-likeness (QED) is 0.604. The van der Waals surface area contributed by atoms with Crippen molar-refractivity contribution in [1.29, 1.82) is 0 Å². The third kappa shape index (κ3) is 4.77. The van der Waals surface area contributed by atoms with Crippen LogP contribution in [0.25, 0.3) is 0 Å². The van der Waals surface area contributed by atoms with E-state index in [1.54, 1.807) is 14.1 Å². The van der Waals surface area contributed by atoms with E-state index in [1.165, 1.54) is 4.67 Å². The van der Waals surface area contributed by atoms with Crippen LogP contribution in [-0.4, -0.2) is 32.0 Å². The standard InChI is InChI=1S/C8H20NO3P/c1-5-7-11-13(10,9(3)4)12-8-6-2/h5-8H2,1-4H3. The molecule has 0 aromatic heterocycles. The van der Waals surface area contributed by atoms with Crippen LogP contribution in [-0.2, 0) is 13.6 Å². The van der Waals surface area contributed by atoms with Gasteiger partial charge >= 0.3 is 7.75 Å². The monoisotopic (exact) mass is 209 g/mol. The second-order valence-corrected chi connectivity index (χ2v) is 5.24. The van der Waals surface area contributed by atoms with Gasteiger partial charge in [-0.25, -0.2) is 9.24 Å². The lowest BCUT2D eigenvalue weighted by Gasteiger charge is -2.23. The first-order valence-corrected chi connectivity index (χ1v) is 6.13. The Kier molecular flexibility index (Phi) is 6.60. The van der Waals surface area contributed by atoms with Gasteiger partial charge < -0.3 is 0 Å². The fraction of sp³-hybridized carbons (Fsp3) is 1.00. The van der Waals surface area contributed by atoms with Gasteiger partial charge in [0.05, 0.1) is 13.2 Å². The highest BCUT2D eigenvalue weighted by molar-refractivity contribution is 7.51. The van der Waals surface area contributed by atoms with Crippen LogP contribution in [0.4, 0.5) is 0 Å². The van der Waals surface area contributed by atoms with Gasteiger partial charge in [0.15, 0.2) is 0 Å². The second kappa shape index (κ2) is 6.55. The van der Waals surface area contributed by atoms with Gasteiger partial charge in [-0.1, -0.05) is 13.8 Å². The highest BCUT2D eigenvalue weighted by atomic mass is 31.2. The molecule has 0 aliphatic rings. The van der Waals surface area contributed by atoms with Crippen molar-refractivity contribution in [1.82, 2.24) is 4.67 Å². The summed E-state index contributed by atoms with van der Waals surface area (Å²) in [6.07, 6.45) is 1.68. The average Bonchev–Trinajstić information content (AvgIpc) is 2.11. The van der Waals surface area contributed by atoms with E-state index in [2.05, 4.69) is 0 Å². The zero-order chi connectivity index (χ0) is 10.3. The molecular formula is C8H20NO3P. The van der Waals surface area contributed by atoms with Gasteiger partial charge in [0.2, 0.25) is 0 Å². The molecule has 0 aromatic rings. The topological polar surface area (TPSA) is 38.8 Å². The average molecular weight is 209 g/mol. The third-order valence-corrected chi connectivity index (χ3v) is 3.40. The molecule has 0 heterocycles. The fourth-order valence-corrected chi connectivity index (χ4v) is 2.04. The van der Waals surface area contributed by atoms with Crippen molar-refractivity contribution in [2.45, 2.75) is 26.7 Å². The molecule has 0 atom stereocenters. The molecule has 0 rings (SSSR count). The molecule has 5 heteroatoms. The lowest BCUT2D eigenvalue weighted by Crippen LogP contribution is -2.14. The summed E-state index contributed by atoms with van der Waals surface area (Å²) in [6, 6.07) is 0. The van der Waals surface area contributed by atoms with E-state index < -0.39 is 7.75 Å². The highest BCUT2D eigenvalue weighted by Crippen LogP contribution is 2.49. The molecule has 0 unspecified atom stereocenters. The van der Waals surface area contributed by atoms with E-state index in [4.69, 9.17) is 9.05 Å². The first-order valence-electron chi connectivity index (χ1n) is 4.63. The first-order chi connectivity index (χ1) is 6.06. The van der Waals surface area contributed by atoms with E-state index in [0.717, 1.165) is 12.8 Å². The summed E-state index contributed by atoms with van der Waals surface area (Å²) in [5.74, 6) is 0. The van der Waals surface area contributed by atoms with Crippen molar-refractivity contribution in [3.63, 3.8) is 0 Å². The van der Waals surface area contributed by atoms with Crippen LogP contribution in [0.2, 0.25) is 0 Å². The molecule has 0 N–H and O–H groups in total. The molecule has 0 bridgehead atoms. The zero-order valence-corrected chi connectivity index (χ0v) is 9.84. The van der Waals surface area contributed by atoms with Gasteiger partial charge in [0, 0.05) is 0 Å². The third-order valence-electron chi connectivity index (χ3n) is 1.41. The minimum Gasteiger partial charge on any atom is -0.297 e. The van der Waals surface area contributed by atoms with Gasteiger partial charge in [-0.05, 0) is 26.9 Å². The maximum atomic E-state index is 11.9. The lowest BCUT2D eigenvalue weighted by atomic mass is 10.5. The summed E-state index contributed by atoms with van der Waals surface area (Å²) in [4.78, 5) is 0.